The number of nitrogens with zero attached hydrogens (tertiary/aromatic N) is 3. The lowest BCUT2D eigenvalue weighted by Gasteiger charge is -2.17. The quantitative estimate of drug-likeness (QED) is 0.360. The van der Waals surface area contributed by atoms with Crippen molar-refractivity contribution in [3.05, 3.63) is 110 Å². The summed E-state index contributed by atoms with van der Waals surface area (Å²) in [4.78, 5) is 41.2. The third-order valence-corrected chi connectivity index (χ3v) is 4.72. The molecule has 1 heterocycles. The Bertz CT molecular complexity index is 1280. The largest absolute Gasteiger partial charge is 0.340 e. The minimum Gasteiger partial charge on any atom is -0.340 e. The predicted molar refractivity (Wildman–Crippen MR) is 112 cm³/mol. The zero-order valence-corrected chi connectivity index (χ0v) is 15.9. The van der Waals surface area contributed by atoms with Crippen LogP contribution < -0.4 is 5.32 Å². The highest BCUT2D eigenvalue weighted by Crippen LogP contribution is 2.25. The van der Waals surface area contributed by atoms with Crippen molar-refractivity contribution in [3.8, 4) is 0 Å². The van der Waals surface area contributed by atoms with Crippen LogP contribution in [0.25, 0.3) is 11.0 Å². The van der Waals surface area contributed by atoms with E-state index in [0.717, 1.165) is 5.56 Å². The van der Waals surface area contributed by atoms with E-state index in [1.165, 1.54) is 42.5 Å². The number of aromatic nitrogens is 2. The summed E-state index contributed by atoms with van der Waals surface area (Å²) >= 11 is 0. The first-order valence-electron chi connectivity index (χ1n) is 9.16. The lowest BCUT2D eigenvalue weighted by Crippen LogP contribution is -2.30. The van der Waals surface area contributed by atoms with Gasteiger partial charge in [-0.1, -0.05) is 30.3 Å². The molecule has 0 bridgehead atoms. The van der Waals surface area contributed by atoms with Crippen molar-refractivity contribution in [2.75, 3.05) is 0 Å². The van der Waals surface area contributed by atoms with Gasteiger partial charge in [-0.3, -0.25) is 25.0 Å². The zero-order valence-electron chi connectivity index (χ0n) is 15.9. The normalized spacial score (nSPS) is 11.7. The van der Waals surface area contributed by atoms with Crippen molar-refractivity contribution in [1.29, 1.82) is 0 Å². The predicted octanol–water partition coefficient (Wildman–Crippen LogP) is 3.90. The summed E-state index contributed by atoms with van der Waals surface area (Å²) in [5.74, 6) is -0.0489. The number of non-ortho nitro benzene ring substituents is 2. The molecule has 0 aliphatic rings. The van der Waals surface area contributed by atoms with Crippen LogP contribution >= 0.6 is 0 Å². The molecule has 4 aromatic rings. The molecule has 0 spiro atoms. The highest BCUT2D eigenvalue weighted by atomic mass is 16.6. The summed E-state index contributed by atoms with van der Waals surface area (Å²) in [5, 5.41) is 24.8. The van der Waals surface area contributed by atoms with Gasteiger partial charge in [0.15, 0.2) is 0 Å². The van der Waals surface area contributed by atoms with Gasteiger partial charge in [0.05, 0.1) is 20.9 Å². The van der Waals surface area contributed by atoms with Gasteiger partial charge in [-0.15, -0.1) is 0 Å². The van der Waals surface area contributed by atoms with Gasteiger partial charge in [0.25, 0.3) is 17.3 Å². The third-order valence-electron chi connectivity index (χ3n) is 4.72. The molecule has 1 amide bonds. The second-order valence-corrected chi connectivity index (χ2v) is 6.70. The molecular weight excluding hydrogens is 402 g/mol. The van der Waals surface area contributed by atoms with Gasteiger partial charge in [0, 0.05) is 29.8 Å². The number of H-pyrrole nitrogens is 1. The lowest BCUT2D eigenvalue weighted by molar-refractivity contribution is -0.385. The second kappa shape index (κ2) is 8.03. The average Bonchev–Trinajstić information content (AvgIpc) is 3.21. The number of nitro groups is 2. The molecule has 0 fully saturated rings. The van der Waals surface area contributed by atoms with Crippen LogP contribution in [0.1, 0.15) is 27.8 Å². The molecule has 31 heavy (non-hydrogen) atoms. The SMILES string of the molecule is O=C(NC(c1ccccc1)c1nc2ccc([N+](=O)[O-])cc2[nH]1)c1ccc([N+](=O)[O-])cc1. The fourth-order valence-electron chi connectivity index (χ4n) is 3.17. The fraction of sp³-hybridized carbons (Fsp3) is 0.0476. The highest BCUT2D eigenvalue weighted by molar-refractivity contribution is 5.95. The molecule has 1 aromatic heterocycles. The molecule has 0 aliphatic heterocycles. The topological polar surface area (TPSA) is 144 Å². The van der Waals surface area contributed by atoms with E-state index in [2.05, 4.69) is 15.3 Å². The van der Waals surface area contributed by atoms with Gasteiger partial charge >= 0.3 is 0 Å². The molecule has 0 radical (unpaired) electrons. The van der Waals surface area contributed by atoms with Gasteiger partial charge in [-0.25, -0.2) is 4.98 Å². The lowest BCUT2D eigenvalue weighted by atomic mass is 10.1. The molecule has 0 aliphatic carbocycles. The van der Waals surface area contributed by atoms with E-state index < -0.39 is 21.8 Å². The van der Waals surface area contributed by atoms with E-state index in [-0.39, 0.29) is 16.9 Å². The van der Waals surface area contributed by atoms with Crippen LogP contribution in [-0.2, 0) is 0 Å². The van der Waals surface area contributed by atoms with E-state index in [1.54, 1.807) is 0 Å². The molecule has 2 N–H and O–H groups in total. The van der Waals surface area contributed by atoms with Crippen LogP contribution in [-0.4, -0.2) is 25.7 Å². The Morgan fingerprint density at radius 3 is 2.19 bits per heavy atom. The van der Waals surface area contributed by atoms with Gasteiger partial charge in [-0.05, 0) is 23.8 Å². The molecule has 0 saturated heterocycles. The molecule has 10 nitrogen and oxygen atoms in total. The Balaban J connectivity index is 1.70. The molecule has 0 saturated carbocycles. The number of fused-ring (bicyclic) bond motifs is 1. The summed E-state index contributed by atoms with van der Waals surface area (Å²) in [6.45, 7) is 0. The maximum atomic E-state index is 12.8. The first-order valence-corrected chi connectivity index (χ1v) is 9.16. The Labute approximate surface area is 174 Å². The van der Waals surface area contributed by atoms with Crippen LogP contribution in [0.3, 0.4) is 0 Å². The molecular formula is C21H15N5O5. The third kappa shape index (κ3) is 4.08. The smallest absolute Gasteiger partial charge is 0.271 e. The monoisotopic (exact) mass is 417 g/mol. The molecule has 4 rings (SSSR count). The Morgan fingerprint density at radius 1 is 0.903 bits per heavy atom. The summed E-state index contributed by atoms with van der Waals surface area (Å²) in [6.07, 6.45) is 0. The Hall–Kier alpha value is -4.60. The first-order chi connectivity index (χ1) is 14.9. The van der Waals surface area contributed by atoms with Crippen LogP contribution in [0.5, 0.6) is 0 Å². The fourth-order valence-corrected chi connectivity index (χ4v) is 3.17. The number of nitrogens with one attached hydrogen (secondary N) is 2. The van der Waals surface area contributed by atoms with Crippen molar-refractivity contribution in [1.82, 2.24) is 15.3 Å². The van der Waals surface area contributed by atoms with Crippen LogP contribution in [0.15, 0.2) is 72.8 Å². The maximum absolute atomic E-state index is 12.8. The number of rotatable bonds is 6. The number of hydrogen-bond donors (Lipinski definition) is 2. The van der Waals surface area contributed by atoms with Gasteiger partial charge in [0.1, 0.15) is 11.9 Å². The molecule has 10 heteroatoms. The van der Waals surface area contributed by atoms with Crippen molar-refractivity contribution in [2.45, 2.75) is 6.04 Å². The number of hydrogen-bond acceptors (Lipinski definition) is 6. The van der Waals surface area contributed by atoms with E-state index in [4.69, 9.17) is 0 Å². The minimum atomic E-state index is -0.671. The molecule has 1 atom stereocenters. The number of nitro benzene ring substituents is 2. The summed E-state index contributed by atoms with van der Waals surface area (Å²) < 4.78 is 0. The van der Waals surface area contributed by atoms with Crippen molar-refractivity contribution in [3.63, 3.8) is 0 Å². The minimum absolute atomic E-state index is 0.0751. The molecule has 154 valence electrons. The number of carbonyl (C=O) groups is 1. The van der Waals surface area contributed by atoms with Gasteiger partial charge in [-0.2, -0.15) is 0 Å². The summed E-state index contributed by atoms with van der Waals surface area (Å²) in [7, 11) is 0. The Morgan fingerprint density at radius 2 is 1.55 bits per heavy atom. The van der Waals surface area contributed by atoms with Gasteiger partial charge in [0.2, 0.25) is 0 Å². The highest BCUT2D eigenvalue weighted by Gasteiger charge is 2.22. The Kier molecular flexibility index (Phi) is 5.10. The number of aromatic amines is 1. The number of benzene rings is 3. The van der Waals surface area contributed by atoms with Crippen molar-refractivity contribution < 1.29 is 14.6 Å². The number of carbonyl (C=O) groups excluding carboxylic acids is 1. The van der Waals surface area contributed by atoms with Crippen LogP contribution in [0.2, 0.25) is 0 Å². The van der Waals surface area contributed by atoms with E-state index >= 15 is 0 Å². The van der Waals surface area contributed by atoms with Crippen LogP contribution in [0, 0.1) is 20.2 Å². The van der Waals surface area contributed by atoms with E-state index in [1.807, 2.05) is 30.3 Å². The maximum Gasteiger partial charge on any atom is 0.271 e. The molecule has 3 aromatic carbocycles. The first kappa shape index (κ1) is 19.7. The number of amides is 1. The standard InChI is InChI=1S/C21H15N5O5/c27-21(14-6-8-15(9-7-14)25(28)29)24-19(13-4-2-1-3-5-13)20-22-17-11-10-16(26(30)31)12-18(17)23-20/h1-12,19H,(H,22,23)(H,24,27). The van der Waals surface area contributed by atoms with Crippen molar-refractivity contribution in [2.24, 2.45) is 0 Å². The number of imidazole rings is 1. The molecule has 1 unspecified atom stereocenters. The zero-order chi connectivity index (χ0) is 22.0. The average molecular weight is 417 g/mol. The van der Waals surface area contributed by atoms with Crippen LogP contribution in [0.4, 0.5) is 11.4 Å². The van der Waals surface area contributed by atoms with Gasteiger partial charge < -0.3 is 10.3 Å². The summed E-state index contributed by atoms with van der Waals surface area (Å²) in [6, 6.07) is 18.0. The van der Waals surface area contributed by atoms with Crippen molar-refractivity contribution >= 4 is 28.3 Å². The second-order valence-electron chi connectivity index (χ2n) is 6.70. The van der Waals surface area contributed by atoms with E-state index in [0.29, 0.717) is 16.9 Å². The summed E-state index contributed by atoms with van der Waals surface area (Å²) in [5.41, 5.74) is 1.79. The van der Waals surface area contributed by atoms with E-state index in [9.17, 15) is 25.0 Å².